The molecule has 1 aromatic rings. The Labute approximate surface area is 105 Å². The van der Waals surface area contributed by atoms with Crippen molar-refractivity contribution in [3.05, 3.63) is 35.9 Å². The zero-order valence-electron chi connectivity index (χ0n) is 9.23. The second kappa shape index (κ2) is 5.19. The fraction of sp³-hybridized carbons (Fsp3) is 0.333. The Morgan fingerprint density at radius 2 is 2.00 bits per heavy atom. The van der Waals surface area contributed by atoms with Gasteiger partial charge in [-0.3, -0.25) is 9.59 Å². The second-order valence-electron chi connectivity index (χ2n) is 4.02. The Hall–Kier alpha value is -1.55. The van der Waals surface area contributed by atoms with Crippen LogP contribution >= 0.6 is 11.6 Å². The van der Waals surface area contributed by atoms with Crippen molar-refractivity contribution in [3.63, 3.8) is 0 Å². The third kappa shape index (κ3) is 2.97. The number of rotatable bonds is 2. The number of likely N-dealkylation sites (tertiary alicyclic amines) is 1. The van der Waals surface area contributed by atoms with Crippen LogP contribution in [0.15, 0.2) is 30.3 Å². The van der Waals surface area contributed by atoms with Crippen LogP contribution in [0, 0.1) is 0 Å². The highest BCUT2D eigenvalue weighted by Gasteiger charge is 2.26. The quantitative estimate of drug-likeness (QED) is 0.645. The number of benzene rings is 1. The second-order valence-corrected chi connectivity index (χ2v) is 4.35. The van der Waals surface area contributed by atoms with E-state index in [0.29, 0.717) is 18.7 Å². The minimum atomic E-state index is -0.457. The summed E-state index contributed by atoms with van der Waals surface area (Å²) in [7, 11) is 0. The Morgan fingerprint density at radius 1 is 1.29 bits per heavy atom. The molecular formula is C12H13ClN2O2. The molecule has 1 heterocycles. The number of nitrogens with zero attached hydrogens (tertiary/aromatic N) is 1. The third-order valence-electron chi connectivity index (χ3n) is 2.81. The van der Waals surface area contributed by atoms with E-state index in [4.69, 9.17) is 11.6 Å². The van der Waals surface area contributed by atoms with Crippen molar-refractivity contribution in [2.75, 3.05) is 13.1 Å². The lowest BCUT2D eigenvalue weighted by molar-refractivity contribution is 0.0938. The molecular weight excluding hydrogens is 240 g/mol. The highest BCUT2D eigenvalue weighted by molar-refractivity contribution is 6.62. The maximum Gasteiger partial charge on any atom is 0.316 e. The van der Waals surface area contributed by atoms with Gasteiger partial charge in [-0.25, -0.2) is 0 Å². The zero-order valence-corrected chi connectivity index (χ0v) is 9.98. The van der Waals surface area contributed by atoms with Crippen LogP contribution in [-0.4, -0.2) is 35.3 Å². The van der Waals surface area contributed by atoms with Crippen LogP contribution in [0.5, 0.6) is 0 Å². The summed E-state index contributed by atoms with van der Waals surface area (Å²) >= 11 is 5.38. The number of carbonyl (C=O) groups is 2. The van der Waals surface area contributed by atoms with Crippen molar-refractivity contribution in [2.45, 2.75) is 12.5 Å². The molecule has 4 nitrogen and oxygen atoms in total. The number of amides is 2. The van der Waals surface area contributed by atoms with Gasteiger partial charge in [0.1, 0.15) is 0 Å². The van der Waals surface area contributed by atoms with Crippen LogP contribution in [0.25, 0.3) is 0 Å². The van der Waals surface area contributed by atoms with Gasteiger partial charge in [-0.05, 0) is 30.2 Å². The largest absolute Gasteiger partial charge is 0.347 e. The zero-order chi connectivity index (χ0) is 12.3. The van der Waals surface area contributed by atoms with Crippen molar-refractivity contribution in [3.8, 4) is 0 Å². The molecule has 0 aliphatic carbocycles. The van der Waals surface area contributed by atoms with Crippen LogP contribution in [-0.2, 0) is 0 Å². The van der Waals surface area contributed by atoms with Gasteiger partial charge in [0.2, 0.25) is 0 Å². The van der Waals surface area contributed by atoms with Crippen LogP contribution in [0.3, 0.4) is 0 Å². The first-order chi connectivity index (χ1) is 8.16. The standard InChI is InChI=1S/C12H13ClN2O2/c13-12(17)15-7-6-10(8-15)14-11(16)9-4-2-1-3-5-9/h1-5,10H,6-8H2,(H,14,16). The lowest BCUT2D eigenvalue weighted by atomic mass is 10.2. The monoisotopic (exact) mass is 252 g/mol. The van der Waals surface area contributed by atoms with E-state index in [1.165, 1.54) is 4.90 Å². The van der Waals surface area contributed by atoms with Gasteiger partial charge in [0.05, 0.1) is 0 Å². The average Bonchev–Trinajstić information content (AvgIpc) is 2.79. The molecule has 1 saturated heterocycles. The van der Waals surface area contributed by atoms with Gasteiger partial charge in [0.15, 0.2) is 0 Å². The molecule has 5 heteroatoms. The number of nitrogens with one attached hydrogen (secondary N) is 1. The number of halogens is 1. The molecule has 2 rings (SSSR count). The molecule has 2 amide bonds. The maximum absolute atomic E-state index is 11.8. The fourth-order valence-corrected chi connectivity index (χ4v) is 2.05. The van der Waals surface area contributed by atoms with E-state index in [0.717, 1.165) is 6.42 Å². The van der Waals surface area contributed by atoms with Crippen molar-refractivity contribution >= 4 is 22.9 Å². The lowest BCUT2D eigenvalue weighted by Crippen LogP contribution is -2.37. The molecule has 1 N–H and O–H groups in total. The van der Waals surface area contributed by atoms with E-state index in [-0.39, 0.29) is 11.9 Å². The van der Waals surface area contributed by atoms with Gasteiger partial charge in [-0.1, -0.05) is 18.2 Å². The summed E-state index contributed by atoms with van der Waals surface area (Å²) in [6.45, 7) is 1.09. The smallest absolute Gasteiger partial charge is 0.316 e. The molecule has 1 atom stereocenters. The van der Waals surface area contributed by atoms with Crippen LogP contribution in [0.4, 0.5) is 4.79 Å². The maximum atomic E-state index is 11.8. The average molecular weight is 253 g/mol. The molecule has 1 aromatic carbocycles. The van der Waals surface area contributed by atoms with E-state index in [2.05, 4.69) is 5.32 Å². The molecule has 0 spiro atoms. The van der Waals surface area contributed by atoms with Gasteiger partial charge >= 0.3 is 5.37 Å². The highest BCUT2D eigenvalue weighted by atomic mass is 35.5. The third-order valence-corrected chi connectivity index (χ3v) is 3.05. The van der Waals surface area contributed by atoms with Crippen LogP contribution in [0.2, 0.25) is 0 Å². The molecule has 1 unspecified atom stereocenters. The Morgan fingerprint density at radius 3 is 2.59 bits per heavy atom. The van der Waals surface area contributed by atoms with Gasteiger partial charge < -0.3 is 10.2 Å². The van der Waals surface area contributed by atoms with Crippen LogP contribution < -0.4 is 5.32 Å². The molecule has 17 heavy (non-hydrogen) atoms. The molecule has 1 fully saturated rings. The molecule has 1 aliphatic heterocycles. The number of hydrogen-bond acceptors (Lipinski definition) is 2. The Kier molecular flexibility index (Phi) is 3.64. The van der Waals surface area contributed by atoms with Crippen LogP contribution in [0.1, 0.15) is 16.8 Å². The minimum Gasteiger partial charge on any atom is -0.347 e. The molecule has 0 saturated carbocycles. The summed E-state index contributed by atoms with van der Waals surface area (Å²) in [4.78, 5) is 24.3. The Bertz CT molecular complexity index is 422. The number of hydrogen-bond donors (Lipinski definition) is 1. The minimum absolute atomic E-state index is 0.00888. The normalized spacial score (nSPS) is 19.1. The lowest BCUT2D eigenvalue weighted by Gasteiger charge is -2.14. The van der Waals surface area contributed by atoms with Crippen molar-refractivity contribution in [1.82, 2.24) is 10.2 Å². The molecule has 0 bridgehead atoms. The summed E-state index contributed by atoms with van der Waals surface area (Å²) in [6.07, 6.45) is 0.747. The predicted octanol–water partition coefficient (Wildman–Crippen LogP) is 1.85. The SMILES string of the molecule is O=C(NC1CCN(C(=O)Cl)C1)c1ccccc1. The summed E-state index contributed by atoms with van der Waals surface area (Å²) in [5.41, 5.74) is 0.628. The van der Waals surface area contributed by atoms with E-state index in [1.807, 2.05) is 18.2 Å². The summed E-state index contributed by atoms with van der Waals surface area (Å²) in [5.74, 6) is -0.112. The highest BCUT2D eigenvalue weighted by Crippen LogP contribution is 2.12. The fourth-order valence-electron chi connectivity index (χ4n) is 1.90. The summed E-state index contributed by atoms with van der Waals surface area (Å²) < 4.78 is 0. The van der Waals surface area contributed by atoms with Gasteiger partial charge in [0.25, 0.3) is 5.91 Å². The van der Waals surface area contributed by atoms with E-state index < -0.39 is 5.37 Å². The summed E-state index contributed by atoms with van der Waals surface area (Å²) in [5, 5.41) is 2.43. The van der Waals surface area contributed by atoms with Gasteiger partial charge in [0, 0.05) is 24.7 Å². The van der Waals surface area contributed by atoms with E-state index in [1.54, 1.807) is 12.1 Å². The molecule has 0 aromatic heterocycles. The van der Waals surface area contributed by atoms with Crippen molar-refractivity contribution in [1.29, 1.82) is 0 Å². The van der Waals surface area contributed by atoms with Crippen molar-refractivity contribution < 1.29 is 9.59 Å². The number of carbonyl (C=O) groups excluding carboxylic acids is 2. The molecule has 90 valence electrons. The summed E-state index contributed by atoms with van der Waals surface area (Å²) in [6, 6.07) is 9.01. The van der Waals surface area contributed by atoms with Gasteiger partial charge in [-0.2, -0.15) is 0 Å². The Balaban J connectivity index is 1.91. The van der Waals surface area contributed by atoms with Gasteiger partial charge in [-0.15, -0.1) is 0 Å². The van der Waals surface area contributed by atoms with E-state index >= 15 is 0 Å². The molecule has 0 radical (unpaired) electrons. The first kappa shape index (κ1) is 11.9. The first-order valence-electron chi connectivity index (χ1n) is 5.47. The molecule has 1 aliphatic rings. The van der Waals surface area contributed by atoms with Crippen molar-refractivity contribution in [2.24, 2.45) is 0 Å². The van der Waals surface area contributed by atoms with E-state index in [9.17, 15) is 9.59 Å². The topological polar surface area (TPSA) is 49.4 Å². The predicted molar refractivity (Wildman–Crippen MR) is 65.1 cm³/mol. The first-order valence-corrected chi connectivity index (χ1v) is 5.85.